The Hall–Kier alpha value is -0.810. The summed E-state index contributed by atoms with van der Waals surface area (Å²) in [7, 11) is 0. The highest BCUT2D eigenvalue weighted by Gasteiger charge is 2.25. The number of aliphatic hydroxyl groups excluding tert-OH is 2. The summed E-state index contributed by atoms with van der Waals surface area (Å²) < 4.78 is 0. The van der Waals surface area contributed by atoms with Crippen LogP contribution in [0.3, 0.4) is 0 Å². The van der Waals surface area contributed by atoms with Crippen LogP contribution in [-0.4, -0.2) is 42.0 Å². The zero-order chi connectivity index (χ0) is 14.4. The zero-order valence-electron chi connectivity index (χ0n) is 12.2. The normalized spacial score (nSPS) is 14.2. The molecule has 0 heterocycles. The van der Waals surface area contributed by atoms with Crippen molar-refractivity contribution in [2.75, 3.05) is 19.7 Å². The van der Waals surface area contributed by atoms with E-state index in [9.17, 15) is 4.79 Å². The Labute approximate surface area is 110 Å². The highest BCUT2D eigenvalue weighted by molar-refractivity contribution is 5.73. The van der Waals surface area contributed by atoms with Crippen LogP contribution in [0.15, 0.2) is 0 Å². The van der Waals surface area contributed by atoms with Crippen molar-refractivity contribution in [1.82, 2.24) is 10.6 Å². The average Bonchev–Trinajstić information content (AvgIpc) is 2.19. The van der Waals surface area contributed by atoms with E-state index in [4.69, 9.17) is 10.2 Å². The fraction of sp³-hybridized carbons (Fsp3) is 0.923. The number of carbonyl (C=O) groups excluding carboxylic acids is 1. The zero-order valence-corrected chi connectivity index (χ0v) is 12.2. The minimum Gasteiger partial charge on any atom is -0.394 e. The molecule has 0 unspecified atom stereocenters. The van der Waals surface area contributed by atoms with E-state index in [2.05, 4.69) is 45.3 Å². The minimum absolute atomic E-state index is 0.0190. The third-order valence-corrected chi connectivity index (χ3v) is 2.45. The molecule has 108 valence electrons. The summed E-state index contributed by atoms with van der Waals surface area (Å²) in [5.41, 5.74) is 0.236. The number of nitrogens with one attached hydrogen (secondary N) is 2. The first-order valence-electron chi connectivity index (χ1n) is 6.36. The largest absolute Gasteiger partial charge is 0.394 e. The van der Waals surface area contributed by atoms with E-state index in [1.165, 1.54) is 0 Å². The SMILES string of the molecule is CC(C)(C)CC(C)(C)CNC(=O)NC[C@@H](O)CO. The third-order valence-electron chi connectivity index (χ3n) is 2.45. The first-order chi connectivity index (χ1) is 8.06. The van der Waals surface area contributed by atoms with Gasteiger partial charge in [-0.3, -0.25) is 0 Å². The van der Waals surface area contributed by atoms with Gasteiger partial charge in [0.1, 0.15) is 0 Å². The molecule has 1 atom stereocenters. The molecule has 5 nitrogen and oxygen atoms in total. The summed E-state index contributed by atoms with van der Waals surface area (Å²) >= 11 is 0. The van der Waals surface area contributed by atoms with E-state index >= 15 is 0 Å². The lowest BCUT2D eigenvalue weighted by Gasteiger charge is -2.32. The van der Waals surface area contributed by atoms with Crippen molar-refractivity contribution in [3.05, 3.63) is 0 Å². The van der Waals surface area contributed by atoms with Gasteiger partial charge in [-0.25, -0.2) is 4.79 Å². The Morgan fingerprint density at radius 3 is 2.17 bits per heavy atom. The van der Waals surface area contributed by atoms with Crippen LogP contribution in [0, 0.1) is 10.8 Å². The second kappa shape index (κ2) is 6.95. The minimum atomic E-state index is -0.904. The number of carbonyl (C=O) groups is 1. The standard InChI is InChI=1S/C13H28N2O3/c1-12(2,3)8-13(4,5)9-15-11(18)14-6-10(17)7-16/h10,16-17H,6-9H2,1-5H3,(H2,14,15,18)/t10-/m1/s1. The molecule has 0 saturated carbocycles. The van der Waals surface area contributed by atoms with Crippen LogP contribution in [-0.2, 0) is 0 Å². The molecule has 0 bridgehead atoms. The summed E-state index contributed by atoms with van der Waals surface area (Å²) in [4.78, 5) is 11.5. The summed E-state index contributed by atoms with van der Waals surface area (Å²) in [5, 5.41) is 23.0. The topological polar surface area (TPSA) is 81.6 Å². The lowest BCUT2D eigenvalue weighted by Crippen LogP contribution is -2.44. The second-order valence-corrected chi connectivity index (χ2v) is 6.80. The van der Waals surface area contributed by atoms with Crippen LogP contribution in [0.5, 0.6) is 0 Å². The van der Waals surface area contributed by atoms with Crippen LogP contribution in [0.25, 0.3) is 0 Å². The Bertz CT molecular complexity index is 259. The quantitative estimate of drug-likeness (QED) is 0.577. The number of hydrogen-bond donors (Lipinski definition) is 4. The average molecular weight is 260 g/mol. The van der Waals surface area contributed by atoms with Gasteiger partial charge in [0.25, 0.3) is 0 Å². The van der Waals surface area contributed by atoms with Gasteiger partial charge < -0.3 is 20.8 Å². The van der Waals surface area contributed by atoms with Gasteiger partial charge in [0, 0.05) is 13.1 Å². The molecule has 0 rings (SSSR count). The summed E-state index contributed by atoms with van der Waals surface area (Å²) in [6, 6.07) is -0.315. The van der Waals surface area contributed by atoms with E-state index in [1.54, 1.807) is 0 Å². The Morgan fingerprint density at radius 2 is 1.72 bits per heavy atom. The van der Waals surface area contributed by atoms with Crippen LogP contribution in [0.4, 0.5) is 4.79 Å². The predicted octanol–water partition coefficient (Wildman–Crippen LogP) is 1.10. The number of rotatable bonds is 6. The first-order valence-corrected chi connectivity index (χ1v) is 6.36. The van der Waals surface area contributed by atoms with E-state index < -0.39 is 6.10 Å². The van der Waals surface area contributed by atoms with Crippen molar-refractivity contribution >= 4 is 6.03 Å². The number of urea groups is 1. The van der Waals surface area contributed by atoms with E-state index in [1.807, 2.05) is 0 Å². The van der Waals surface area contributed by atoms with E-state index in [-0.39, 0.29) is 30.0 Å². The number of amides is 2. The fourth-order valence-corrected chi connectivity index (χ4v) is 2.16. The molecule has 0 aliphatic rings. The molecule has 0 saturated heterocycles. The van der Waals surface area contributed by atoms with Crippen LogP contribution < -0.4 is 10.6 Å². The van der Waals surface area contributed by atoms with Gasteiger partial charge in [-0.1, -0.05) is 34.6 Å². The van der Waals surface area contributed by atoms with E-state index in [0.717, 1.165) is 6.42 Å². The van der Waals surface area contributed by atoms with Crippen molar-refractivity contribution in [1.29, 1.82) is 0 Å². The Balaban J connectivity index is 3.97. The molecular weight excluding hydrogens is 232 g/mol. The maximum Gasteiger partial charge on any atom is 0.314 e. The monoisotopic (exact) mass is 260 g/mol. The summed E-state index contributed by atoms with van der Waals surface area (Å²) in [6.45, 7) is 11.0. The molecule has 0 aromatic heterocycles. The predicted molar refractivity (Wildman–Crippen MR) is 72.3 cm³/mol. The Kier molecular flexibility index (Phi) is 6.63. The molecule has 0 fully saturated rings. The highest BCUT2D eigenvalue weighted by Crippen LogP contribution is 2.32. The summed E-state index contributed by atoms with van der Waals surface area (Å²) in [5.74, 6) is 0. The van der Waals surface area contributed by atoms with Crippen molar-refractivity contribution in [2.45, 2.75) is 47.1 Å². The second-order valence-electron chi connectivity index (χ2n) is 6.80. The van der Waals surface area contributed by atoms with Gasteiger partial charge in [0.2, 0.25) is 0 Å². The first kappa shape index (κ1) is 17.2. The lowest BCUT2D eigenvalue weighted by molar-refractivity contribution is 0.0957. The van der Waals surface area contributed by atoms with Crippen molar-refractivity contribution in [3.8, 4) is 0 Å². The van der Waals surface area contributed by atoms with Crippen LogP contribution >= 0.6 is 0 Å². The molecule has 4 N–H and O–H groups in total. The maximum atomic E-state index is 11.5. The van der Waals surface area contributed by atoms with Crippen molar-refractivity contribution < 1.29 is 15.0 Å². The van der Waals surface area contributed by atoms with Gasteiger partial charge in [-0.2, -0.15) is 0 Å². The van der Waals surface area contributed by atoms with Crippen LogP contribution in [0.1, 0.15) is 41.0 Å². The summed E-state index contributed by atoms with van der Waals surface area (Å²) in [6.07, 6.45) is 0.0952. The lowest BCUT2D eigenvalue weighted by atomic mass is 9.76. The molecule has 2 amide bonds. The van der Waals surface area contributed by atoms with Crippen LogP contribution in [0.2, 0.25) is 0 Å². The van der Waals surface area contributed by atoms with Crippen molar-refractivity contribution in [3.63, 3.8) is 0 Å². The van der Waals surface area contributed by atoms with Gasteiger partial charge in [0.15, 0.2) is 0 Å². The highest BCUT2D eigenvalue weighted by atomic mass is 16.3. The van der Waals surface area contributed by atoms with Crippen molar-refractivity contribution in [2.24, 2.45) is 10.8 Å². The Morgan fingerprint density at radius 1 is 1.17 bits per heavy atom. The molecule has 18 heavy (non-hydrogen) atoms. The molecule has 0 spiro atoms. The molecule has 0 radical (unpaired) electrons. The van der Waals surface area contributed by atoms with Gasteiger partial charge in [-0.15, -0.1) is 0 Å². The van der Waals surface area contributed by atoms with Gasteiger partial charge in [-0.05, 0) is 17.3 Å². The molecule has 0 aliphatic carbocycles. The molecular formula is C13H28N2O3. The molecule has 5 heteroatoms. The number of aliphatic hydroxyl groups is 2. The maximum absolute atomic E-state index is 11.5. The molecule has 0 aliphatic heterocycles. The van der Waals surface area contributed by atoms with E-state index in [0.29, 0.717) is 6.54 Å². The fourth-order valence-electron chi connectivity index (χ4n) is 2.16. The van der Waals surface area contributed by atoms with Gasteiger partial charge in [0.05, 0.1) is 12.7 Å². The molecule has 0 aromatic rings. The third kappa shape index (κ3) is 9.24. The smallest absolute Gasteiger partial charge is 0.314 e. The molecule has 0 aromatic carbocycles. The number of hydrogen-bond acceptors (Lipinski definition) is 3. The van der Waals surface area contributed by atoms with Gasteiger partial charge >= 0.3 is 6.03 Å².